The second kappa shape index (κ2) is 9.38. The zero-order chi connectivity index (χ0) is 20.1. The van der Waals surface area contributed by atoms with Crippen molar-refractivity contribution in [3.8, 4) is 0 Å². The number of nitrogens with zero attached hydrogens (tertiary/aromatic N) is 2. The molecule has 1 heterocycles. The van der Waals surface area contributed by atoms with Crippen molar-refractivity contribution in [1.29, 1.82) is 0 Å². The summed E-state index contributed by atoms with van der Waals surface area (Å²) in [5.41, 5.74) is 7.91. The lowest BCUT2D eigenvalue weighted by Gasteiger charge is -2.28. The van der Waals surface area contributed by atoms with Gasteiger partial charge in [0, 0.05) is 17.0 Å². The first-order chi connectivity index (χ1) is 14.2. The van der Waals surface area contributed by atoms with Gasteiger partial charge < -0.3 is 11.1 Å². The zero-order valence-electron chi connectivity index (χ0n) is 16.5. The molecule has 1 aromatic heterocycles. The summed E-state index contributed by atoms with van der Waals surface area (Å²) in [6.45, 7) is 1.73. The van der Waals surface area contributed by atoms with E-state index in [0.717, 1.165) is 40.4 Å². The molecule has 3 N–H and O–H groups in total. The monoisotopic (exact) mass is 406 g/mol. The maximum Gasteiger partial charge on any atom is 0.154 e. The first-order valence-electron chi connectivity index (χ1n) is 10.4. The Hall–Kier alpha value is -2.43. The van der Waals surface area contributed by atoms with Crippen molar-refractivity contribution < 1.29 is 0 Å². The quantitative estimate of drug-likeness (QED) is 0.556. The van der Waals surface area contributed by atoms with E-state index in [1.54, 1.807) is 0 Å². The van der Waals surface area contributed by atoms with E-state index < -0.39 is 0 Å². The topological polar surface area (TPSA) is 63.8 Å². The third kappa shape index (κ3) is 5.14. The molecule has 2 atom stereocenters. The SMILES string of the molecule is NCC1CCCC(CNc2nc(C=Cc3ccc(Cl)cc3)nc3ccccc23)C1. The summed E-state index contributed by atoms with van der Waals surface area (Å²) in [6, 6.07) is 15.9. The molecule has 0 aliphatic heterocycles. The highest BCUT2D eigenvalue weighted by atomic mass is 35.5. The van der Waals surface area contributed by atoms with Crippen LogP contribution >= 0.6 is 11.6 Å². The van der Waals surface area contributed by atoms with Crippen molar-refractivity contribution in [1.82, 2.24) is 9.97 Å². The number of rotatable bonds is 6. The molecular formula is C24H27ClN4. The standard InChI is InChI=1S/C24H27ClN4/c25-20-11-8-17(9-12-20)10-13-23-28-22-7-2-1-6-21(22)24(29-23)27-16-19-5-3-4-18(14-19)15-26/h1-2,6-13,18-19H,3-5,14-16,26H2,(H,27,28,29). The van der Waals surface area contributed by atoms with Crippen molar-refractivity contribution in [3.05, 3.63) is 64.9 Å². The van der Waals surface area contributed by atoms with Gasteiger partial charge in [-0.1, -0.05) is 48.4 Å². The molecule has 1 aliphatic rings. The lowest BCUT2D eigenvalue weighted by Crippen LogP contribution is -2.26. The highest BCUT2D eigenvalue weighted by Gasteiger charge is 2.21. The summed E-state index contributed by atoms with van der Waals surface area (Å²) >= 11 is 5.97. The summed E-state index contributed by atoms with van der Waals surface area (Å²) in [5, 5.41) is 5.39. The molecule has 150 valence electrons. The van der Waals surface area contributed by atoms with Gasteiger partial charge >= 0.3 is 0 Å². The van der Waals surface area contributed by atoms with Crippen molar-refractivity contribution in [2.24, 2.45) is 17.6 Å². The van der Waals surface area contributed by atoms with Crippen molar-refractivity contribution in [2.45, 2.75) is 25.7 Å². The van der Waals surface area contributed by atoms with Crippen molar-refractivity contribution >= 4 is 40.5 Å². The van der Waals surface area contributed by atoms with Gasteiger partial charge in [-0.3, -0.25) is 0 Å². The zero-order valence-corrected chi connectivity index (χ0v) is 17.3. The van der Waals surface area contributed by atoms with Gasteiger partial charge in [-0.05, 0) is 73.5 Å². The molecule has 5 heteroatoms. The van der Waals surface area contributed by atoms with Crippen LogP contribution in [0.3, 0.4) is 0 Å². The summed E-state index contributed by atoms with van der Waals surface area (Å²) < 4.78 is 0. The fraction of sp³-hybridized carbons (Fsp3) is 0.333. The second-order valence-electron chi connectivity index (χ2n) is 7.85. The van der Waals surface area contributed by atoms with Gasteiger partial charge in [0.25, 0.3) is 0 Å². The van der Waals surface area contributed by atoms with E-state index in [2.05, 4.69) is 11.4 Å². The van der Waals surface area contributed by atoms with Crippen LogP contribution in [0.15, 0.2) is 48.5 Å². The molecular weight excluding hydrogens is 380 g/mol. The van der Waals surface area contributed by atoms with Crippen LogP contribution in [-0.2, 0) is 0 Å². The molecule has 1 saturated carbocycles. The molecule has 1 fully saturated rings. The minimum Gasteiger partial charge on any atom is -0.369 e. The number of hydrogen-bond donors (Lipinski definition) is 2. The molecule has 0 spiro atoms. The average molecular weight is 407 g/mol. The molecule has 0 amide bonds. The molecule has 2 unspecified atom stereocenters. The van der Waals surface area contributed by atoms with Crippen molar-refractivity contribution in [2.75, 3.05) is 18.4 Å². The number of halogens is 1. The van der Waals surface area contributed by atoms with E-state index in [9.17, 15) is 0 Å². The minimum atomic E-state index is 0.652. The molecule has 0 bridgehead atoms. The van der Waals surface area contributed by atoms with Gasteiger partial charge in [-0.15, -0.1) is 0 Å². The Labute approximate surface area is 177 Å². The van der Waals surface area contributed by atoms with E-state index >= 15 is 0 Å². The van der Waals surface area contributed by atoms with Crippen LogP contribution in [0.2, 0.25) is 5.02 Å². The average Bonchev–Trinajstić information content (AvgIpc) is 2.77. The molecule has 4 nitrogen and oxygen atoms in total. The Balaban J connectivity index is 1.55. The molecule has 3 aromatic rings. The minimum absolute atomic E-state index is 0.652. The predicted octanol–water partition coefficient (Wildman–Crippen LogP) is 5.63. The summed E-state index contributed by atoms with van der Waals surface area (Å²) in [4.78, 5) is 9.51. The Morgan fingerprint density at radius 1 is 1.00 bits per heavy atom. The van der Waals surface area contributed by atoms with Crippen LogP contribution < -0.4 is 11.1 Å². The molecule has 2 aromatic carbocycles. The maximum absolute atomic E-state index is 5.97. The van der Waals surface area contributed by atoms with Gasteiger partial charge in [0.2, 0.25) is 0 Å². The van der Waals surface area contributed by atoms with Gasteiger partial charge in [0.1, 0.15) is 5.82 Å². The van der Waals surface area contributed by atoms with Gasteiger partial charge in [-0.25, -0.2) is 9.97 Å². The van der Waals surface area contributed by atoms with Gasteiger partial charge in [0.15, 0.2) is 5.82 Å². The fourth-order valence-corrected chi connectivity index (χ4v) is 4.22. The lowest BCUT2D eigenvalue weighted by atomic mass is 9.81. The first kappa shape index (κ1) is 19.9. The normalized spacial score (nSPS) is 19.7. The predicted molar refractivity (Wildman–Crippen MR) is 123 cm³/mol. The third-order valence-corrected chi connectivity index (χ3v) is 5.95. The summed E-state index contributed by atoms with van der Waals surface area (Å²) in [7, 11) is 0. The third-order valence-electron chi connectivity index (χ3n) is 5.70. The largest absolute Gasteiger partial charge is 0.369 e. The van der Waals surface area contributed by atoms with E-state index in [1.165, 1.54) is 25.7 Å². The highest BCUT2D eigenvalue weighted by Crippen LogP contribution is 2.29. The number of hydrogen-bond acceptors (Lipinski definition) is 4. The number of fused-ring (bicyclic) bond motifs is 1. The second-order valence-corrected chi connectivity index (χ2v) is 8.28. The van der Waals surface area contributed by atoms with Crippen LogP contribution in [0.4, 0.5) is 5.82 Å². The molecule has 4 rings (SSSR count). The maximum atomic E-state index is 5.97. The van der Waals surface area contributed by atoms with Gasteiger partial charge in [0.05, 0.1) is 5.52 Å². The number of nitrogens with two attached hydrogens (primary N) is 1. The number of benzene rings is 2. The molecule has 0 radical (unpaired) electrons. The van der Waals surface area contributed by atoms with E-state index in [0.29, 0.717) is 17.7 Å². The summed E-state index contributed by atoms with van der Waals surface area (Å²) in [6.07, 6.45) is 8.96. The van der Waals surface area contributed by atoms with Crippen LogP contribution in [0.5, 0.6) is 0 Å². The molecule has 1 aliphatic carbocycles. The Morgan fingerprint density at radius 2 is 1.79 bits per heavy atom. The molecule has 0 saturated heterocycles. The smallest absolute Gasteiger partial charge is 0.154 e. The fourth-order valence-electron chi connectivity index (χ4n) is 4.09. The Morgan fingerprint density at radius 3 is 2.62 bits per heavy atom. The number of aromatic nitrogens is 2. The van der Waals surface area contributed by atoms with Crippen LogP contribution in [0, 0.1) is 11.8 Å². The van der Waals surface area contributed by atoms with E-state index in [1.807, 2.05) is 54.6 Å². The summed E-state index contributed by atoms with van der Waals surface area (Å²) in [5.74, 6) is 2.92. The Kier molecular flexibility index (Phi) is 6.43. The number of para-hydroxylation sites is 1. The van der Waals surface area contributed by atoms with E-state index in [4.69, 9.17) is 27.3 Å². The van der Waals surface area contributed by atoms with Gasteiger partial charge in [-0.2, -0.15) is 0 Å². The van der Waals surface area contributed by atoms with Crippen LogP contribution in [0.25, 0.3) is 23.1 Å². The van der Waals surface area contributed by atoms with Crippen LogP contribution in [0.1, 0.15) is 37.1 Å². The first-order valence-corrected chi connectivity index (χ1v) is 10.7. The highest BCUT2D eigenvalue weighted by molar-refractivity contribution is 6.30. The molecule has 29 heavy (non-hydrogen) atoms. The van der Waals surface area contributed by atoms with Crippen LogP contribution in [-0.4, -0.2) is 23.1 Å². The van der Waals surface area contributed by atoms with Crippen molar-refractivity contribution in [3.63, 3.8) is 0 Å². The van der Waals surface area contributed by atoms with E-state index in [-0.39, 0.29) is 0 Å². The lowest BCUT2D eigenvalue weighted by molar-refractivity contribution is 0.281. The number of anilines is 1. The number of nitrogens with one attached hydrogen (secondary N) is 1. The Bertz CT molecular complexity index is 984.